The Kier molecular flexibility index (Phi) is 12.7. The van der Waals surface area contributed by atoms with Gasteiger partial charge in [-0.3, -0.25) is 13.9 Å². The van der Waals surface area contributed by atoms with Crippen LogP contribution in [0.2, 0.25) is 5.02 Å². The van der Waals surface area contributed by atoms with Crippen LogP contribution in [0, 0.1) is 0 Å². The number of hydrogen-bond donors (Lipinski definition) is 1. The van der Waals surface area contributed by atoms with Gasteiger partial charge in [-0.25, -0.2) is 8.42 Å². The number of halogens is 1. The Morgan fingerprint density at radius 1 is 0.932 bits per heavy atom. The van der Waals surface area contributed by atoms with E-state index in [0.29, 0.717) is 41.7 Å². The predicted molar refractivity (Wildman–Crippen MR) is 171 cm³/mol. The van der Waals surface area contributed by atoms with Gasteiger partial charge in [0.1, 0.15) is 18.3 Å². The quantitative estimate of drug-likeness (QED) is 0.225. The maximum atomic E-state index is 14.2. The summed E-state index contributed by atoms with van der Waals surface area (Å²) in [7, 11) is -1.47. The third-order valence-electron chi connectivity index (χ3n) is 6.89. The average Bonchev–Trinajstić information content (AvgIpc) is 3.03. The molecule has 1 unspecified atom stereocenters. The fourth-order valence-corrected chi connectivity index (χ4v) is 6.23. The molecule has 0 fully saturated rings. The van der Waals surface area contributed by atoms with Gasteiger partial charge in [0.25, 0.3) is 10.0 Å². The van der Waals surface area contributed by atoms with Crippen molar-refractivity contribution in [3.63, 3.8) is 0 Å². The summed E-state index contributed by atoms with van der Waals surface area (Å²) in [6.07, 6.45) is 1.02. The van der Waals surface area contributed by atoms with Gasteiger partial charge in [-0.2, -0.15) is 0 Å². The molecule has 0 bridgehead atoms. The molecule has 44 heavy (non-hydrogen) atoms. The van der Waals surface area contributed by atoms with Crippen LogP contribution in [0.5, 0.6) is 17.2 Å². The van der Waals surface area contributed by atoms with Crippen LogP contribution in [0.3, 0.4) is 0 Å². The highest BCUT2D eigenvalue weighted by atomic mass is 35.5. The molecule has 0 aliphatic heterocycles. The number of hydrogen-bond acceptors (Lipinski definition) is 7. The molecule has 0 heterocycles. The molecule has 2 amide bonds. The van der Waals surface area contributed by atoms with Crippen molar-refractivity contribution in [2.45, 2.75) is 51.1 Å². The number of amides is 2. The maximum Gasteiger partial charge on any atom is 0.264 e. The van der Waals surface area contributed by atoms with Crippen LogP contribution in [0.4, 0.5) is 5.69 Å². The van der Waals surface area contributed by atoms with Crippen LogP contribution in [-0.4, -0.2) is 65.1 Å². The van der Waals surface area contributed by atoms with Crippen LogP contribution < -0.4 is 23.8 Å². The number of rotatable bonds is 16. The molecule has 0 spiro atoms. The molecule has 0 saturated heterocycles. The van der Waals surface area contributed by atoms with E-state index < -0.39 is 28.5 Å². The number of nitrogens with one attached hydrogen (secondary N) is 1. The number of methoxy groups -OCH3 is 2. The second kappa shape index (κ2) is 16.2. The van der Waals surface area contributed by atoms with Crippen molar-refractivity contribution in [2.75, 3.05) is 38.2 Å². The van der Waals surface area contributed by atoms with E-state index in [-0.39, 0.29) is 28.8 Å². The van der Waals surface area contributed by atoms with Crippen LogP contribution in [0.25, 0.3) is 0 Å². The van der Waals surface area contributed by atoms with E-state index in [2.05, 4.69) is 5.32 Å². The second-order valence-corrected chi connectivity index (χ2v) is 12.1. The molecule has 238 valence electrons. The zero-order valence-electron chi connectivity index (χ0n) is 25.7. The van der Waals surface area contributed by atoms with E-state index in [4.69, 9.17) is 25.8 Å². The van der Waals surface area contributed by atoms with E-state index in [1.807, 2.05) is 13.8 Å². The summed E-state index contributed by atoms with van der Waals surface area (Å²) in [5.74, 6) is 0.201. The molecule has 12 heteroatoms. The maximum absolute atomic E-state index is 14.2. The van der Waals surface area contributed by atoms with Crippen LogP contribution in [-0.2, 0) is 26.2 Å². The fourth-order valence-electron chi connectivity index (χ4n) is 4.60. The van der Waals surface area contributed by atoms with Crippen molar-refractivity contribution in [1.82, 2.24) is 10.2 Å². The van der Waals surface area contributed by atoms with Crippen molar-refractivity contribution in [3.05, 3.63) is 77.3 Å². The van der Waals surface area contributed by atoms with Crippen molar-refractivity contribution in [1.29, 1.82) is 0 Å². The summed E-state index contributed by atoms with van der Waals surface area (Å²) in [5, 5.41) is 3.29. The van der Waals surface area contributed by atoms with Gasteiger partial charge in [-0.05, 0) is 67.8 Å². The molecule has 1 N–H and O–H groups in total. The van der Waals surface area contributed by atoms with Gasteiger partial charge in [-0.1, -0.05) is 43.6 Å². The number of benzene rings is 3. The minimum absolute atomic E-state index is 0.00405. The van der Waals surface area contributed by atoms with E-state index in [1.54, 1.807) is 55.5 Å². The lowest BCUT2D eigenvalue weighted by molar-refractivity contribution is -0.140. The average molecular weight is 646 g/mol. The Morgan fingerprint density at radius 2 is 1.61 bits per heavy atom. The van der Waals surface area contributed by atoms with Gasteiger partial charge < -0.3 is 24.4 Å². The van der Waals surface area contributed by atoms with Crippen LogP contribution in [0.15, 0.2) is 71.6 Å². The highest BCUT2D eigenvalue weighted by Gasteiger charge is 2.34. The van der Waals surface area contributed by atoms with Crippen molar-refractivity contribution in [2.24, 2.45) is 0 Å². The monoisotopic (exact) mass is 645 g/mol. The van der Waals surface area contributed by atoms with Crippen molar-refractivity contribution >= 4 is 39.1 Å². The Morgan fingerprint density at radius 3 is 2.20 bits per heavy atom. The molecule has 3 rings (SSSR count). The molecular weight excluding hydrogens is 606 g/mol. The molecule has 3 aromatic rings. The molecule has 1 atom stereocenters. The van der Waals surface area contributed by atoms with E-state index in [9.17, 15) is 18.0 Å². The lowest BCUT2D eigenvalue weighted by atomic mass is 10.1. The molecule has 0 aromatic heterocycles. The Hall–Kier alpha value is -3.96. The number of ether oxygens (including phenoxy) is 3. The van der Waals surface area contributed by atoms with Crippen LogP contribution >= 0.6 is 11.6 Å². The van der Waals surface area contributed by atoms with Crippen molar-refractivity contribution < 1.29 is 32.2 Å². The smallest absolute Gasteiger partial charge is 0.264 e. The number of carbonyl (C=O) groups excluding carboxylic acids is 2. The summed E-state index contributed by atoms with van der Waals surface area (Å²) in [5.41, 5.74) is 0.859. The minimum atomic E-state index is -4.33. The highest BCUT2D eigenvalue weighted by molar-refractivity contribution is 7.92. The summed E-state index contributed by atoms with van der Waals surface area (Å²) >= 11 is 6.45. The first-order valence-corrected chi connectivity index (χ1v) is 16.2. The van der Waals surface area contributed by atoms with E-state index in [1.165, 1.54) is 37.3 Å². The third-order valence-corrected chi connectivity index (χ3v) is 9.03. The SMILES string of the molecule is CCCNC(=O)C(CC)N(Cc1ccccc1Cl)C(=O)CN(c1ccc(OCC)cc1)S(=O)(=O)c1ccc(OC)c(OC)c1. The number of sulfonamides is 1. The van der Waals surface area contributed by atoms with Gasteiger partial charge in [0.05, 0.1) is 31.4 Å². The normalized spacial score (nSPS) is 11.8. The summed E-state index contributed by atoms with van der Waals surface area (Å²) in [6.45, 7) is 5.86. The fraction of sp³-hybridized carbons (Fsp3) is 0.375. The first kappa shape index (κ1) is 34.5. The first-order chi connectivity index (χ1) is 21.1. The molecular formula is C32H40ClN3O7S. The van der Waals surface area contributed by atoms with Crippen molar-refractivity contribution in [3.8, 4) is 17.2 Å². The zero-order valence-corrected chi connectivity index (χ0v) is 27.3. The molecule has 10 nitrogen and oxygen atoms in total. The third kappa shape index (κ3) is 8.35. The molecule has 3 aromatic carbocycles. The lowest BCUT2D eigenvalue weighted by Crippen LogP contribution is -2.52. The zero-order chi connectivity index (χ0) is 32.3. The van der Waals surface area contributed by atoms with Gasteiger partial charge >= 0.3 is 0 Å². The molecule has 0 aliphatic carbocycles. The number of nitrogens with zero attached hydrogens (tertiary/aromatic N) is 2. The summed E-state index contributed by atoms with van der Waals surface area (Å²) in [6, 6.07) is 16.8. The first-order valence-electron chi connectivity index (χ1n) is 14.4. The standard InChI is InChI=1S/C32H40ClN3O7S/c1-6-19-34-32(38)28(7-2)35(21-23-11-9-10-12-27(23)33)31(37)22-36(24-13-15-25(16-14-24)43-8-3)44(39,40)26-17-18-29(41-4)30(20-26)42-5/h9-18,20,28H,6-8,19,21-22H2,1-5H3,(H,34,38). The van der Waals surface area contributed by atoms with Gasteiger partial charge in [0.2, 0.25) is 11.8 Å². The van der Waals surface area contributed by atoms with Gasteiger partial charge in [-0.15, -0.1) is 0 Å². The highest BCUT2D eigenvalue weighted by Crippen LogP contribution is 2.33. The topological polar surface area (TPSA) is 114 Å². The lowest BCUT2D eigenvalue weighted by Gasteiger charge is -2.33. The molecule has 0 saturated carbocycles. The summed E-state index contributed by atoms with van der Waals surface area (Å²) < 4.78 is 45.6. The minimum Gasteiger partial charge on any atom is -0.494 e. The van der Waals surface area contributed by atoms with E-state index in [0.717, 1.165) is 10.7 Å². The largest absolute Gasteiger partial charge is 0.494 e. The Bertz CT molecular complexity index is 1520. The summed E-state index contributed by atoms with van der Waals surface area (Å²) in [4.78, 5) is 28.7. The second-order valence-electron chi connectivity index (χ2n) is 9.78. The van der Waals surface area contributed by atoms with Gasteiger partial charge in [0, 0.05) is 24.2 Å². The number of carbonyl (C=O) groups is 2. The Labute approximate surface area is 264 Å². The predicted octanol–water partition coefficient (Wildman–Crippen LogP) is 5.28. The van der Waals surface area contributed by atoms with Gasteiger partial charge in [0.15, 0.2) is 11.5 Å². The van der Waals surface area contributed by atoms with Crippen LogP contribution in [0.1, 0.15) is 39.2 Å². The molecule has 0 aliphatic rings. The molecule has 0 radical (unpaired) electrons. The Balaban J connectivity index is 2.11. The number of anilines is 1. The van der Waals surface area contributed by atoms with E-state index >= 15 is 0 Å².